The molecule has 148 valence electrons. The normalized spacial score (nSPS) is 18.2. The first kappa shape index (κ1) is 18.3. The van der Waals surface area contributed by atoms with Gasteiger partial charge in [-0.25, -0.2) is 9.97 Å². The molecule has 0 radical (unpaired) electrons. The molecule has 2 aliphatic heterocycles. The first-order valence-corrected chi connectivity index (χ1v) is 9.55. The third-order valence-corrected chi connectivity index (χ3v) is 5.25. The number of nitrogens with one attached hydrogen (secondary N) is 1. The Balaban J connectivity index is 1.59. The number of benzene rings is 1. The maximum absolute atomic E-state index is 11.9. The molecular weight excluding hydrogens is 362 g/mol. The summed E-state index contributed by atoms with van der Waals surface area (Å²) in [6.07, 6.45) is 5.51. The largest absolute Gasteiger partial charge is 0.454 e. The highest BCUT2D eigenvalue weighted by Crippen LogP contribution is 2.36. The number of piperidine rings is 1. The van der Waals surface area contributed by atoms with E-state index in [0.29, 0.717) is 23.9 Å². The van der Waals surface area contributed by atoms with Crippen LogP contribution in [0.1, 0.15) is 38.2 Å². The van der Waals surface area contributed by atoms with Gasteiger partial charge in [-0.15, -0.1) is 0 Å². The lowest BCUT2D eigenvalue weighted by Gasteiger charge is -2.35. The van der Waals surface area contributed by atoms with E-state index in [1.165, 1.54) is 6.33 Å². The van der Waals surface area contributed by atoms with Crippen LogP contribution in [0.25, 0.3) is 0 Å². The molecule has 1 aromatic carbocycles. The molecule has 1 N–H and O–H groups in total. The molecule has 1 atom stereocenters. The zero-order valence-corrected chi connectivity index (χ0v) is 15.8. The lowest BCUT2D eigenvalue weighted by atomic mass is 10.00. The Morgan fingerprint density at radius 2 is 2.14 bits per heavy atom. The van der Waals surface area contributed by atoms with Crippen molar-refractivity contribution in [2.24, 2.45) is 0 Å². The Morgan fingerprint density at radius 1 is 1.29 bits per heavy atom. The third-order valence-electron chi connectivity index (χ3n) is 5.25. The van der Waals surface area contributed by atoms with Crippen molar-refractivity contribution < 1.29 is 14.4 Å². The SMILES string of the molecule is CCC1CCCCN1c1ncnc(NCc2ccc3c(c2)OCO3)c1[N+](=O)[O-]. The second kappa shape index (κ2) is 7.87. The summed E-state index contributed by atoms with van der Waals surface area (Å²) in [6.45, 7) is 3.47. The highest BCUT2D eigenvalue weighted by molar-refractivity contribution is 5.70. The van der Waals surface area contributed by atoms with Crippen LogP contribution in [0.4, 0.5) is 17.3 Å². The van der Waals surface area contributed by atoms with Gasteiger partial charge < -0.3 is 19.7 Å². The molecule has 0 amide bonds. The number of nitrogens with zero attached hydrogens (tertiary/aromatic N) is 4. The van der Waals surface area contributed by atoms with Gasteiger partial charge in [-0.2, -0.15) is 0 Å². The van der Waals surface area contributed by atoms with E-state index < -0.39 is 4.92 Å². The van der Waals surface area contributed by atoms with Crippen LogP contribution < -0.4 is 19.7 Å². The first-order valence-electron chi connectivity index (χ1n) is 9.55. The lowest BCUT2D eigenvalue weighted by molar-refractivity contribution is -0.383. The van der Waals surface area contributed by atoms with E-state index >= 15 is 0 Å². The number of aromatic nitrogens is 2. The van der Waals surface area contributed by atoms with Crippen molar-refractivity contribution >= 4 is 17.3 Å². The molecule has 0 aliphatic carbocycles. The maximum Gasteiger partial charge on any atom is 0.353 e. The van der Waals surface area contributed by atoms with Crippen LogP contribution in [0.15, 0.2) is 24.5 Å². The van der Waals surface area contributed by atoms with Crippen molar-refractivity contribution in [3.63, 3.8) is 0 Å². The quantitative estimate of drug-likeness (QED) is 0.595. The van der Waals surface area contributed by atoms with Crippen LogP contribution in [0.2, 0.25) is 0 Å². The van der Waals surface area contributed by atoms with Gasteiger partial charge in [-0.3, -0.25) is 10.1 Å². The molecular formula is C19H23N5O4. The van der Waals surface area contributed by atoms with Gasteiger partial charge in [0.2, 0.25) is 18.4 Å². The predicted molar refractivity (Wildman–Crippen MR) is 104 cm³/mol. The summed E-state index contributed by atoms with van der Waals surface area (Å²) in [5, 5.41) is 15.0. The van der Waals surface area contributed by atoms with Gasteiger partial charge in [0.25, 0.3) is 0 Å². The highest BCUT2D eigenvalue weighted by Gasteiger charge is 2.31. The van der Waals surface area contributed by atoms with E-state index in [4.69, 9.17) is 9.47 Å². The van der Waals surface area contributed by atoms with Gasteiger partial charge in [0.05, 0.1) is 4.92 Å². The van der Waals surface area contributed by atoms with Crippen molar-refractivity contribution in [3.8, 4) is 11.5 Å². The number of hydrogen-bond acceptors (Lipinski definition) is 8. The molecule has 1 fully saturated rings. The van der Waals surface area contributed by atoms with Gasteiger partial charge in [0, 0.05) is 19.1 Å². The Hall–Kier alpha value is -3.10. The summed E-state index contributed by atoms with van der Waals surface area (Å²) in [4.78, 5) is 22.0. The minimum Gasteiger partial charge on any atom is -0.454 e. The van der Waals surface area contributed by atoms with Crippen molar-refractivity contribution in [3.05, 3.63) is 40.2 Å². The maximum atomic E-state index is 11.9. The standard InChI is InChI=1S/C19H23N5O4/c1-2-14-5-3-4-8-23(14)19-17(24(25)26)18(21-11-22-19)20-10-13-6-7-15-16(9-13)28-12-27-15/h6-7,9,11,14H,2-5,8,10,12H2,1H3,(H,20,21,22). The first-order chi connectivity index (χ1) is 13.7. The van der Waals surface area contributed by atoms with Gasteiger partial charge in [-0.05, 0) is 43.4 Å². The molecule has 2 aromatic rings. The van der Waals surface area contributed by atoms with Gasteiger partial charge in [-0.1, -0.05) is 13.0 Å². The average Bonchev–Trinajstić information content (AvgIpc) is 3.19. The fourth-order valence-electron chi connectivity index (χ4n) is 3.82. The summed E-state index contributed by atoms with van der Waals surface area (Å²) < 4.78 is 10.7. The molecule has 2 aliphatic rings. The van der Waals surface area contributed by atoms with E-state index in [9.17, 15) is 10.1 Å². The smallest absolute Gasteiger partial charge is 0.353 e. The number of ether oxygens (including phenoxy) is 2. The molecule has 1 aromatic heterocycles. The molecule has 0 spiro atoms. The summed E-state index contributed by atoms with van der Waals surface area (Å²) in [7, 11) is 0. The zero-order valence-electron chi connectivity index (χ0n) is 15.8. The fourth-order valence-corrected chi connectivity index (χ4v) is 3.82. The Morgan fingerprint density at radius 3 is 2.96 bits per heavy atom. The number of rotatable bonds is 6. The van der Waals surface area contributed by atoms with Crippen molar-refractivity contribution in [1.82, 2.24) is 9.97 Å². The molecule has 1 unspecified atom stereocenters. The third kappa shape index (κ3) is 3.51. The van der Waals surface area contributed by atoms with Gasteiger partial charge >= 0.3 is 5.69 Å². The number of anilines is 2. The zero-order chi connectivity index (χ0) is 19.5. The minimum atomic E-state index is -0.390. The summed E-state index contributed by atoms with van der Waals surface area (Å²) >= 11 is 0. The van der Waals surface area contributed by atoms with Crippen molar-refractivity contribution in [2.75, 3.05) is 23.6 Å². The highest BCUT2D eigenvalue weighted by atomic mass is 16.7. The van der Waals surface area contributed by atoms with E-state index in [2.05, 4.69) is 27.1 Å². The number of nitro groups is 1. The topological polar surface area (TPSA) is 103 Å². The molecule has 0 bridgehead atoms. The van der Waals surface area contributed by atoms with Gasteiger partial charge in [0.1, 0.15) is 6.33 Å². The van der Waals surface area contributed by atoms with Gasteiger partial charge in [0.15, 0.2) is 11.5 Å². The average molecular weight is 385 g/mol. The molecule has 3 heterocycles. The Labute approximate surface area is 162 Å². The summed E-state index contributed by atoms with van der Waals surface area (Å²) in [6, 6.07) is 5.86. The Bertz CT molecular complexity index is 875. The van der Waals surface area contributed by atoms with E-state index in [1.54, 1.807) is 0 Å². The molecule has 9 nitrogen and oxygen atoms in total. The molecule has 0 saturated carbocycles. The molecule has 4 rings (SSSR count). The minimum absolute atomic E-state index is 0.0661. The van der Waals surface area contributed by atoms with E-state index in [-0.39, 0.29) is 24.3 Å². The second-order valence-electron chi connectivity index (χ2n) is 6.94. The Kier molecular flexibility index (Phi) is 5.14. The van der Waals surface area contributed by atoms with Crippen LogP contribution in [-0.2, 0) is 6.54 Å². The second-order valence-corrected chi connectivity index (χ2v) is 6.94. The van der Waals surface area contributed by atoms with Crippen molar-refractivity contribution in [2.45, 2.75) is 45.2 Å². The molecule has 1 saturated heterocycles. The lowest BCUT2D eigenvalue weighted by Crippen LogP contribution is -2.40. The van der Waals surface area contributed by atoms with Crippen molar-refractivity contribution in [1.29, 1.82) is 0 Å². The van der Waals surface area contributed by atoms with Crippen LogP contribution >= 0.6 is 0 Å². The predicted octanol–water partition coefficient (Wildman–Crippen LogP) is 3.49. The van der Waals surface area contributed by atoms with E-state index in [1.807, 2.05) is 18.2 Å². The molecule has 9 heteroatoms. The summed E-state index contributed by atoms with van der Waals surface area (Å²) in [5.74, 6) is 2.01. The van der Waals surface area contributed by atoms with Crippen LogP contribution in [-0.4, -0.2) is 34.3 Å². The van der Waals surface area contributed by atoms with E-state index in [0.717, 1.165) is 37.8 Å². The monoisotopic (exact) mass is 385 g/mol. The van der Waals surface area contributed by atoms with Crippen LogP contribution in [0.5, 0.6) is 11.5 Å². The number of hydrogen-bond donors (Lipinski definition) is 1. The van der Waals surface area contributed by atoms with Crippen LogP contribution in [0.3, 0.4) is 0 Å². The summed E-state index contributed by atoms with van der Waals surface area (Å²) in [5.41, 5.74) is 0.853. The molecule has 28 heavy (non-hydrogen) atoms. The van der Waals surface area contributed by atoms with Crippen LogP contribution in [0, 0.1) is 10.1 Å². The fraction of sp³-hybridized carbons (Fsp3) is 0.474. The number of fused-ring (bicyclic) bond motifs is 1.